The molecule has 1 saturated heterocycles. The molecule has 116 valence electrons. The highest BCUT2D eigenvalue weighted by Crippen LogP contribution is 2.23. The number of carbonyl (C=O) groups excluding carboxylic acids is 1. The van der Waals surface area contributed by atoms with E-state index in [0.29, 0.717) is 13.1 Å². The van der Waals surface area contributed by atoms with Crippen LogP contribution < -0.4 is 5.32 Å². The third-order valence-corrected chi connectivity index (χ3v) is 3.42. The van der Waals surface area contributed by atoms with Crippen LogP contribution in [0.4, 0.5) is 10.5 Å². The highest BCUT2D eigenvalue weighted by molar-refractivity contribution is 5.68. The minimum Gasteiger partial charge on any atom is -0.508 e. The molecule has 1 amide bonds. The molecule has 0 bridgehead atoms. The zero-order valence-corrected chi connectivity index (χ0v) is 13.1. The fourth-order valence-corrected chi connectivity index (χ4v) is 2.31. The number of aryl methyl sites for hydroxylation is 1. The Morgan fingerprint density at radius 2 is 2.14 bits per heavy atom. The van der Waals surface area contributed by atoms with Crippen molar-refractivity contribution >= 4 is 11.8 Å². The summed E-state index contributed by atoms with van der Waals surface area (Å²) >= 11 is 0. The molecular weight excluding hydrogens is 268 g/mol. The SMILES string of the molecule is Cc1ccc(NC2CCN(C(=O)OC(C)(C)C)C2)cc1O. The van der Waals surface area contributed by atoms with Crippen molar-refractivity contribution < 1.29 is 14.6 Å². The van der Waals surface area contributed by atoms with Crippen LogP contribution in [0.15, 0.2) is 18.2 Å². The van der Waals surface area contributed by atoms with Gasteiger partial charge in [-0.1, -0.05) is 6.07 Å². The number of nitrogens with one attached hydrogen (secondary N) is 1. The van der Waals surface area contributed by atoms with Gasteiger partial charge in [-0.05, 0) is 45.7 Å². The molecular formula is C16H24N2O3. The number of carbonyl (C=O) groups is 1. The van der Waals surface area contributed by atoms with Gasteiger partial charge in [0.05, 0.1) is 0 Å². The first kappa shape index (κ1) is 15.5. The monoisotopic (exact) mass is 292 g/mol. The molecule has 0 spiro atoms. The topological polar surface area (TPSA) is 61.8 Å². The largest absolute Gasteiger partial charge is 0.508 e. The van der Waals surface area contributed by atoms with Gasteiger partial charge in [0, 0.05) is 30.9 Å². The molecule has 21 heavy (non-hydrogen) atoms. The molecule has 2 rings (SSSR count). The van der Waals surface area contributed by atoms with Crippen LogP contribution in [0.1, 0.15) is 32.8 Å². The maximum absolute atomic E-state index is 12.0. The van der Waals surface area contributed by atoms with E-state index in [4.69, 9.17) is 4.74 Å². The molecule has 5 heteroatoms. The van der Waals surface area contributed by atoms with Crippen LogP contribution in [0.25, 0.3) is 0 Å². The summed E-state index contributed by atoms with van der Waals surface area (Å²) in [4.78, 5) is 13.7. The molecule has 1 aliphatic heterocycles. The summed E-state index contributed by atoms with van der Waals surface area (Å²) in [6.45, 7) is 8.76. The van der Waals surface area contributed by atoms with E-state index in [9.17, 15) is 9.90 Å². The first-order chi connectivity index (χ1) is 9.74. The van der Waals surface area contributed by atoms with Crippen molar-refractivity contribution in [1.29, 1.82) is 0 Å². The minimum atomic E-state index is -0.467. The highest BCUT2D eigenvalue weighted by Gasteiger charge is 2.29. The smallest absolute Gasteiger partial charge is 0.410 e. The number of benzene rings is 1. The summed E-state index contributed by atoms with van der Waals surface area (Å²) in [7, 11) is 0. The quantitative estimate of drug-likeness (QED) is 0.879. The first-order valence-electron chi connectivity index (χ1n) is 7.29. The molecule has 0 saturated carbocycles. The van der Waals surface area contributed by atoms with Gasteiger partial charge in [-0.2, -0.15) is 0 Å². The Morgan fingerprint density at radius 3 is 2.76 bits per heavy atom. The van der Waals surface area contributed by atoms with E-state index < -0.39 is 5.60 Å². The zero-order chi connectivity index (χ0) is 15.6. The van der Waals surface area contributed by atoms with Gasteiger partial charge in [0.2, 0.25) is 0 Å². The van der Waals surface area contributed by atoms with E-state index in [1.165, 1.54) is 0 Å². The minimum absolute atomic E-state index is 0.180. The number of ether oxygens (including phenoxy) is 1. The van der Waals surface area contributed by atoms with Crippen LogP contribution >= 0.6 is 0 Å². The van der Waals surface area contributed by atoms with Gasteiger partial charge in [0.15, 0.2) is 0 Å². The van der Waals surface area contributed by atoms with E-state index in [1.54, 1.807) is 11.0 Å². The van der Waals surface area contributed by atoms with Crippen molar-refractivity contribution in [1.82, 2.24) is 4.90 Å². The fraction of sp³-hybridized carbons (Fsp3) is 0.562. The number of hydrogen-bond donors (Lipinski definition) is 2. The average Bonchev–Trinajstić information content (AvgIpc) is 2.80. The van der Waals surface area contributed by atoms with Crippen LogP contribution in [-0.4, -0.2) is 40.8 Å². The van der Waals surface area contributed by atoms with Crippen molar-refractivity contribution in [2.24, 2.45) is 0 Å². The average molecular weight is 292 g/mol. The van der Waals surface area contributed by atoms with Gasteiger partial charge in [-0.3, -0.25) is 0 Å². The fourth-order valence-electron chi connectivity index (χ4n) is 2.31. The van der Waals surface area contributed by atoms with E-state index in [2.05, 4.69) is 5.32 Å². The molecule has 2 N–H and O–H groups in total. The predicted octanol–water partition coefficient (Wildman–Crippen LogP) is 3.12. The number of anilines is 1. The number of amides is 1. The third-order valence-electron chi connectivity index (χ3n) is 3.42. The number of hydrogen-bond acceptors (Lipinski definition) is 4. The molecule has 0 aliphatic carbocycles. The molecule has 5 nitrogen and oxygen atoms in total. The van der Waals surface area contributed by atoms with Crippen molar-refractivity contribution in [3.63, 3.8) is 0 Å². The maximum atomic E-state index is 12.0. The Bertz CT molecular complexity index is 523. The summed E-state index contributed by atoms with van der Waals surface area (Å²) < 4.78 is 5.37. The van der Waals surface area contributed by atoms with Crippen molar-refractivity contribution in [3.05, 3.63) is 23.8 Å². The van der Waals surface area contributed by atoms with Gasteiger partial charge in [-0.15, -0.1) is 0 Å². The summed E-state index contributed by atoms with van der Waals surface area (Å²) in [5.41, 5.74) is 1.25. The van der Waals surface area contributed by atoms with Crippen molar-refractivity contribution in [2.45, 2.75) is 45.8 Å². The number of rotatable bonds is 2. The lowest BCUT2D eigenvalue weighted by molar-refractivity contribution is 0.0293. The maximum Gasteiger partial charge on any atom is 0.410 e. The number of likely N-dealkylation sites (tertiary alicyclic amines) is 1. The van der Waals surface area contributed by atoms with Gasteiger partial charge in [-0.25, -0.2) is 4.79 Å². The molecule has 1 aliphatic rings. The Hall–Kier alpha value is -1.91. The number of aromatic hydroxyl groups is 1. The lowest BCUT2D eigenvalue weighted by atomic mass is 10.2. The molecule has 0 aromatic heterocycles. The Morgan fingerprint density at radius 1 is 1.43 bits per heavy atom. The molecule has 1 fully saturated rings. The van der Waals surface area contributed by atoms with E-state index >= 15 is 0 Å². The first-order valence-corrected chi connectivity index (χ1v) is 7.29. The summed E-state index contributed by atoms with van der Waals surface area (Å²) in [6, 6.07) is 5.70. The number of phenolic OH excluding ortho intramolecular Hbond substituents is 1. The van der Waals surface area contributed by atoms with E-state index in [0.717, 1.165) is 17.7 Å². The normalized spacial score (nSPS) is 18.7. The van der Waals surface area contributed by atoms with E-state index in [-0.39, 0.29) is 17.9 Å². The van der Waals surface area contributed by atoms with Crippen molar-refractivity contribution in [3.8, 4) is 5.75 Å². The second kappa shape index (κ2) is 5.84. The van der Waals surface area contributed by atoms with Gasteiger partial charge in [0.25, 0.3) is 0 Å². The second-order valence-corrected chi connectivity index (χ2v) is 6.56. The van der Waals surface area contributed by atoms with Crippen LogP contribution in [0.3, 0.4) is 0 Å². The van der Waals surface area contributed by atoms with Crippen LogP contribution in [-0.2, 0) is 4.74 Å². The number of nitrogens with zero attached hydrogens (tertiary/aromatic N) is 1. The zero-order valence-electron chi connectivity index (χ0n) is 13.1. The molecule has 1 unspecified atom stereocenters. The third kappa shape index (κ3) is 4.28. The lowest BCUT2D eigenvalue weighted by Gasteiger charge is -2.24. The Kier molecular flexibility index (Phi) is 4.30. The molecule has 1 aromatic rings. The van der Waals surface area contributed by atoms with Crippen molar-refractivity contribution in [2.75, 3.05) is 18.4 Å². The highest BCUT2D eigenvalue weighted by atomic mass is 16.6. The molecule has 1 heterocycles. The molecule has 1 aromatic carbocycles. The second-order valence-electron chi connectivity index (χ2n) is 6.56. The number of phenols is 1. The van der Waals surface area contributed by atoms with E-state index in [1.807, 2.05) is 39.8 Å². The van der Waals surface area contributed by atoms with Crippen LogP contribution in [0.2, 0.25) is 0 Å². The lowest BCUT2D eigenvalue weighted by Crippen LogP contribution is -2.36. The van der Waals surface area contributed by atoms with Gasteiger partial charge in [0.1, 0.15) is 11.4 Å². The van der Waals surface area contributed by atoms with Crippen LogP contribution in [0.5, 0.6) is 5.75 Å². The van der Waals surface area contributed by atoms with Gasteiger partial charge >= 0.3 is 6.09 Å². The summed E-state index contributed by atoms with van der Waals surface area (Å²) in [5.74, 6) is 0.280. The van der Waals surface area contributed by atoms with Gasteiger partial charge < -0.3 is 20.1 Å². The standard InChI is InChI=1S/C16H24N2O3/c1-11-5-6-12(9-14(11)19)17-13-7-8-18(10-13)15(20)21-16(2,3)4/h5-6,9,13,17,19H,7-8,10H2,1-4H3. The predicted molar refractivity (Wildman–Crippen MR) is 82.7 cm³/mol. The summed E-state index contributed by atoms with van der Waals surface area (Å²) in [6.07, 6.45) is 0.604. The molecule has 0 radical (unpaired) electrons. The Balaban J connectivity index is 1.90. The molecule has 1 atom stereocenters. The summed E-state index contributed by atoms with van der Waals surface area (Å²) in [5, 5.41) is 13.1. The Labute approximate surface area is 125 Å². The van der Waals surface area contributed by atoms with Crippen LogP contribution in [0, 0.1) is 6.92 Å².